The number of fused-ring (bicyclic) bond motifs is 6. The van der Waals surface area contributed by atoms with Crippen molar-refractivity contribution >= 4 is 124 Å². The molecule has 0 aliphatic rings. The minimum absolute atomic E-state index is 0.153. The Bertz CT molecular complexity index is 3160. The molecular formula is C45H22B6N4O. The van der Waals surface area contributed by atoms with E-state index in [9.17, 15) is 0 Å². The van der Waals surface area contributed by atoms with Crippen molar-refractivity contribution in [2.45, 2.75) is 0 Å². The molecule has 0 unspecified atom stereocenters. The van der Waals surface area contributed by atoms with Gasteiger partial charge in [0.05, 0.1) is 11.0 Å². The van der Waals surface area contributed by atoms with Gasteiger partial charge in [0.1, 0.15) is 58.2 Å². The van der Waals surface area contributed by atoms with E-state index in [1.807, 2.05) is 114 Å². The third-order valence-corrected chi connectivity index (χ3v) is 10.5. The molecular weight excluding hydrogens is 677 g/mol. The Morgan fingerprint density at radius 3 is 1.55 bits per heavy atom. The Hall–Kier alpha value is -6.46. The number of nitrogens with zero attached hydrogens (tertiary/aromatic N) is 4. The molecule has 11 heteroatoms. The lowest BCUT2D eigenvalue weighted by Crippen LogP contribution is -2.37. The van der Waals surface area contributed by atoms with Crippen molar-refractivity contribution < 1.29 is 4.42 Å². The number of benzene rings is 7. The van der Waals surface area contributed by atoms with Gasteiger partial charge >= 0.3 is 0 Å². The van der Waals surface area contributed by atoms with Crippen molar-refractivity contribution in [3.63, 3.8) is 0 Å². The van der Waals surface area contributed by atoms with Gasteiger partial charge in [-0.05, 0) is 34.8 Å². The summed E-state index contributed by atoms with van der Waals surface area (Å²) < 4.78 is 8.51. The van der Waals surface area contributed by atoms with Crippen LogP contribution in [0.5, 0.6) is 0 Å². The van der Waals surface area contributed by atoms with Crippen LogP contribution in [0.2, 0.25) is 0 Å². The Balaban J connectivity index is 1.23. The van der Waals surface area contributed by atoms with Gasteiger partial charge in [-0.25, -0.2) is 15.0 Å². The van der Waals surface area contributed by atoms with Gasteiger partial charge < -0.3 is 8.98 Å². The highest BCUT2D eigenvalue weighted by molar-refractivity contribution is 6.64. The highest BCUT2D eigenvalue weighted by Crippen LogP contribution is 2.33. The maximum atomic E-state index is 7.13. The molecule has 3 aromatic heterocycles. The van der Waals surface area contributed by atoms with E-state index in [1.165, 1.54) is 0 Å². The Kier molecular flexibility index (Phi) is 7.96. The molecule has 0 aliphatic heterocycles. The molecule has 7 aromatic carbocycles. The van der Waals surface area contributed by atoms with Crippen LogP contribution in [-0.4, -0.2) is 66.6 Å². The molecule has 0 atom stereocenters. The lowest BCUT2D eigenvalue weighted by molar-refractivity contribution is 0.674. The summed E-state index contributed by atoms with van der Waals surface area (Å²) in [5, 5.41) is 2.94. The van der Waals surface area contributed by atoms with Gasteiger partial charge in [-0.15, -0.1) is 0 Å². The van der Waals surface area contributed by atoms with Crippen LogP contribution in [0.3, 0.4) is 0 Å². The molecule has 246 valence electrons. The molecule has 0 N–H and O–H groups in total. The van der Waals surface area contributed by atoms with E-state index < -0.39 is 0 Å². The fourth-order valence-corrected chi connectivity index (χ4v) is 7.81. The first-order valence-electron chi connectivity index (χ1n) is 18.0. The van der Waals surface area contributed by atoms with E-state index >= 15 is 0 Å². The number of furan rings is 1. The summed E-state index contributed by atoms with van der Waals surface area (Å²) in [4.78, 5) is 14.8. The number of rotatable bonds is 5. The van der Waals surface area contributed by atoms with Crippen LogP contribution in [0, 0.1) is 0 Å². The molecule has 0 saturated heterocycles. The van der Waals surface area contributed by atoms with E-state index in [0.29, 0.717) is 39.1 Å². The zero-order valence-corrected chi connectivity index (χ0v) is 29.9. The van der Waals surface area contributed by atoms with Crippen molar-refractivity contribution in [2.75, 3.05) is 0 Å². The normalized spacial score (nSPS) is 11.6. The minimum atomic E-state index is 0.153. The maximum Gasteiger partial charge on any atom is 0.164 e. The molecule has 12 radical (unpaired) electrons. The van der Waals surface area contributed by atoms with Crippen molar-refractivity contribution in [2.24, 2.45) is 0 Å². The third kappa shape index (κ3) is 5.14. The van der Waals surface area contributed by atoms with E-state index in [0.717, 1.165) is 44.1 Å². The largest absolute Gasteiger partial charge is 0.457 e. The summed E-state index contributed by atoms with van der Waals surface area (Å²) in [5.74, 6) is 1.06. The molecule has 5 nitrogen and oxygen atoms in total. The second-order valence-corrected chi connectivity index (χ2v) is 13.7. The maximum absolute atomic E-state index is 7.13. The first-order valence-corrected chi connectivity index (χ1v) is 18.0. The fraction of sp³-hybridized carbons (Fsp3) is 0. The smallest absolute Gasteiger partial charge is 0.164 e. The first kappa shape index (κ1) is 34.1. The molecule has 10 rings (SSSR count). The second-order valence-electron chi connectivity index (χ2n) is 13.7. The van der Waals surface area contributed by atoms with Crippen molar-refractivity contribution in [1.82, 2.24) is 19.5 Å². The van der Waals surface area contributed by atoms with Crippen LogP contribution < -0.4 is 32.8 Å². The zero-order chi connectivity index (χ0) is 38.2. The van der Waals surface area contributed by atoms with Crippen molar-refractivity contribution in [3.05, 3.63) is 133 Å². The van der Waals surface area contributed by atoms with E-state index in [4.69, 9.17) is 66.4 Å². The fourth-order valence-electron chi connectivity index (χ4n) is 7.81. The van der Waals surface area contributed by atoms with Crippen molar-refractivity contribution in [3.8, 4) is 51.0 Å². The molecule has 3 heterocycles. The lowest BCUT2D eigenvalue weighted by atomic mass is 9.68. The Morgan fingerprint density at radius 2 is 0.893 bits per heavy atom. The van der Waals surface area contributed by atoms with E-state index in [2.05, 4.69) is 24.3 Å². The lowest BCUT2D eigenvalue weighted by Gasteiger charge is -2.19. The molecule has 0 spiro atoms. The van der Waals surface area contributed by atoms with Crippen LogP contribution in [0.15, 0.2) is 138 Å². The highest BCUT2D eigenvalue weighted by atomic mass is 16.3. The van der Waals surface area contributed by atoms with Gasteiger partial charge in [0.25, 0.3) is 0 Å². The monoisotopic (exact) mass is 700 g/mol. The van der Waals surface area contributed by atoms with Crippen LogP contribution in [0.4, 0.5) is 0 Å². The van der Waals surface area contributed by atoms with Gasteiger partial charge in [-0.2, -0.15) is 0 Å². The SMILES string of the molecule is [B]c1c(-n2c3ccccc3c3ccccc32)c([B])c2c(oc3c([B])c(-c4nc(-c5ccccc5)nc(-c5cccc(-c6ccccc6)c5)n4)c([B])c([B])c32)c1[B]. The topological polar surface area (TPSA) is 56.7 Å². The van der Waals surface area contributed by atoms with Crippen LogP contribution in [-0.2, 0) is 0 Å². The quantitative estimate of drug-likeness (QED) is 0.252. The molecule has 0 aliphatic carbocycles. The van der Waals surface area contributed by atoms with E-state index in [-0.39, 0.29) is 44.3 Å². The van der Waals surface area contributed by atoms with Gasteiger partial charge in [0, 0.05) is 43.9 Å². The predicted molar refractivity (Wildman–Crippen MR) is 236 cm³/mol. The number of hydrogen-bond acceptors (Lipinski definition) is 4. The molecule has 0 bridgehead atoms. The van der Waals surface area contributed by atoms with Crippen molar-refractivity contribution in [1.29, 1.82) is 0 Å². The highest BCUT2D eigenvalue weighted by Gasteiger charge is 2.26. The summed E-state index contributed by atoms with van der Waals surface area (Å²) in [6, 6.07) is 43.8. The predicted octanol–water partition coefficient (Wildman–Crippen LogP) is 4.30. The molecule has 56 heavy (non-hydrogen) atoms. The molecule has 0 fully saturated rings. The molecule has 0 amide bonds. The third-order valence-electron chi connectivity index (χ3n) is 10.5. The summed E-state index contributed by atoms with van der Waals surface area (Å²) in [7, 11) is 41.8. The molecule has 0 saturated carbocycles. The molecule has 10 aromatic rings. The van der Waals surface area contributed by atoms with Gasteiger partial charge in [0.15, 0.2) is 17.5 Å². The number of aromatic nitrogens is 4. The Morgan fingerprint density at radius 1 is 0.393 bits per heavy atom. The summed E-state index contributed by atoms with van der Waals surface area (Å²) in [6.07, 6.45) is 0. The average Bonchev–Trinajstić information content (AvgIpc) is 3.81. The second kappa shape index (κ2) is 13.1. The van der Waals surface area contributed by atoms with Gasteiger partial charge in [-0.3, -0.25) is 0 Å². The number of para-hydroxylation sites is 2. The van der Waals surface area contributed by atoms with E-state index in [1.54, 1.807) is 0 Å². The Labute approximate surface area is 330 Å². The first-order chi connectivity index (χ1) is 27.3. The summed E-state index contributed by atoms with van der Waals surface area (Å²) >= 11 is 0. The average molecular weight is 700 g/mol. The summed E-state index contributed by atoms with van der Waals surface area (Å²) in [5.41, 5.74) is 7.94. The van der Waals surface area contributed by atoms with Crippen LogP contribution in [0.1, 0.15) is 0 Å². The van der Waals surface area contributed by atoms with Gasteiger partial charge in [0.2, 0.25) is 0 Å². The van der Waals surface area contributed by atoms with Gasteiger partial charge in [-0.1, -0.05) is 143 Å². The minimum Gasteiger partial charge on any atom is -0.457 e. The van der Waals surface area contributed by atoms with Crippen LogP contribution >= 0.6 is 0 Å². The standard InChI is InChI=1S/C45H22B6N4O/c46-34-31-32-36(48)40(55-29-20-9-7-18-27(29)28-19-8-10-21-30(28)55)38(50)39(51)42(32)56-41(31)37(49)33(35(34)47)45-53-43(24-14-5-2-6-15-24)52-44(54-45)26-17-11-16-25(22-26)23-12-3-1-4-13-23/h1-22H. The number of hydrogen-bond donors (Lipinski definition) is 0. The zero-order valence-electron chi connectivity index (χ0n) is 29.9. The van der Waals surface area contributed by atoms with Crippen LogP contribution in [0.25, 0.3) is 94.7 Å². The summed E-state index contributed by atoms with van der Waals surface area (Å²) in [6.45, 7) is 0.